The van der Waals surface area contributed by atoms with Crippen LogP contribution in [-0.2, 0) is 6.54 Å². The Morgan fingerprint density at radius 1 is 0.677 bits per heavy atom. The standard InChI is InChI=1S/C21H38N.C7H8O.ClH/c1-4-5-6-7-8-9-10-11-12-16-19-22(2,3)20-21-17-14-13-15-18-21;1-6-2-4-7(8)5-3-6;/h13-15,17-18H,4-12,16,19-20H2,1-3H3;2-5,8H,1H3;1H/q+1;;/p-1. The maximum absolute atomic E-state index is 8.76. The van der Waals surface area contributed by atoms with Crippen molar-refractivity contribution in [1.29, 1.82) is 0 Å². The maximum Gasteiger partial charge on any atom is 0.115 e. The lowest BCUT2D eigenvalue weighted by Gasteiger charge is -2.30. The molecule has 2 aromatic rings. The molecule has 176 valence electrons. The first-order valence-corrected chi connectivity index (χ1v) is 12.0. The molecule has 0 heterocycles. The summed E-state index contributed by atoms with van der Waals surface area (Å²) in [7, 11) is 4.72. The van der Waals surface area contributed by atoms with Gasteiger partial charge in [0, 0.05) is 5.56 Å². The quantitative estimate of drug-likeness (QED) is 0.342. The average Bonchev–Trinajstić information content (AvgIpc) is 2.72. The second-order valence-corrected chi connectivity index (χ2v) is 9.32. The smallest absolute Gasteiger partial charge is 0.115 e. The molecule has 0 atom stereocenters. The molecule has 0 aliphatic carbocycles. The largest absolute Gasteiger partial charge is 1.00 e. The molecule has 0 spiro atoms. The Hall–Kier alpha value is -1.51. The SMILES string of the molecule is CCCCCCCCCCCC[N+](C)(C)Cc1ccccc1.Cc1ccc(O)cc1.[Cl-]. The third kappa shape index (κ3) is 16.8. The molecular formula is C28H46ClNO. The molecule has 0 aromatic heterocycles. The van der Waals surface area contributed by atoms with Crippen LogP contribution in [0.5, 0.6) is 5.75 Å². The van der Waals surface area contributed by atoms with Crippen molar-refractivity contribution < 1.29 is 22.0 Å². The molecular weight excluding hydrogens is 402 g/mol. The zero-order valence-corrected chi connectivity index (χ0v) is 21.2. The van der Waals surface area contributed by atoms with Crippen LogP contribution in [0.15, 0.2) is 54.6 Å². The van der Waals surface area contributed by atoms with Crippen LogP contribution >= 0.6 is 0 Å². The predicted molar refractivity (Wildman–Crippen MR) is 132 cm³/mol. The molecule has 0 unspecified atom stereocenters. The van der Waals surface area contributed by atoms with E-state index >= 15 is 0 Å². The van der Waals surface area contributed by atoms with Crippen LogP contribution < -0.4 is 12.4 Å². The highest BCUT2D eigenvalue weighted by molar-refractivity contribution is 5.24. The maximum atomic E-state index is 8.76. The van der Waals surface area contributed by atoms with Gasteiger partial charge in [0.1, 0.15) is 12.3 Å². The minimum Gasteiger partial charge on any atom is -1.00 e. The number of hydrogen-bond donors (Lipinski definition) is 1. The summed E-state index contributed by atoms with van der Waals surface area (Å²) in [6.07, 6.45) is 14.2. The summed E-state index contributed by atoms with van der Waals surface area (Å²) in [6.45, 7) is 6.72. The lowest BCUT2D eigenvalue weighted by molar-refractivity contribution is -0.903. The van der Waals surface area contributed by atoms with E-state index in [0.29, 0.717) is 5.75 Å². The fraction of sp³-hybridized carbons (Fsp3) is 0.571. The van der Waals surface area contributed by atoms with Gasteiger partial charge in [0.15, 0.2) is 0 Å². The van der Waals surface area contributed by atoms with E-state index < -0.39 is 0 Å². The van der Waals surface area contributed by atoms with E-state index in [1.807, 2.05) is 19.1 Å². The van der Waals surface area contributed by atoms with Crippen LogP contribution in [0.1, 0.15) is 82.3 Å². The molecule has 2 rings (SSSR count). The summed E-state index contributed by atoms with van der Waals surface area (Å²) >= 11 is 0. The minimum atomic E-state index is 0. The second kappa shape index (κ2) is 18.1. The first kappa shape index (κ1) is 29.5. The number of aromatic hydroxyl groups is 1. The molecule has 0 radical (unpaired) electrons. The lowest BCUT2D eigenvalue weighted by atomic mass is 10.1. The number of aryl methyl sites for hydroxylation is 1. The van der Waals surface area contributed by atoms with Gasteiger partial charge in [0.2, 0.25) is 0 Å². The van der Waals surface area contributed by atoms with Crippen molar-refractivity contribution in [2.75, 3.05) is 20.6 Å². The number of unbranched alkanes of at least 4 members (excludes halogenated alkanes) is 9. The Kier molecular flexibility index (Phi) is 17.2. The zero-order valence-electron chi connectivity index (χ0n) is 20.5. The number of quaternary nitrogens is 1. The molecule has 3 heteroatoms. The molecule has 0 fully saturated rings. The van der Waals surface area contributed by atoms with Gasteiger partial charge < -0.3 is 22.0 Å². The van der Waals surface area contributed by atoms with E-state index in [-0.39, 0.29) is 12.4 Å². The Labute approximate surface area is 198 Å². The summed E-state index contributed by atoms with van der Waals surface area (Å²) in [5, 5.41) is 8.76. The van der Waals surface area contributed by atoms with Gasteiger partial charge in [-0.2, -0.15) is 0 Å². The van der Waals surface area contributed by atoms with E-state index in [1.165, 1.54) is 81.9 Å². The highest BCUT2D eigenvalue weighted by Crippen LogP contribution is 2.14. The van der Waals surface area contributed by atoms with E-state index in [1.54, 1.807) is 12.1 Å². The van der Waals surface area contributed by atoms with Gasteiger partial charge in [-0.25, -0.2) is 0 Å². The highest BCUT2D eigenvalue weighted by atomic mass is 35.5. The van der Waals surface area contributed by atoms with Crippen LogP contribution in [0, 0.1) is 6.92 Å². The third-order valence-electron chi connectivity index (χ3n) is 5.60. The molecule has 0 saturated heterocycles. The van der Waals surface area contributed by atoms with Crippen molar-refractivity contribution in [3.8, 4) is 5.75 Å². The molecule has 0 bridgehead atoms. The fourth-order valence-corrected chi connectivity index (χ4v) is 3.73. The number of hydrogen-bond acceptors (Lipinski definition) is 1. The minimum absolute atomic E-state index is 0. The molecule has 2 aromatic carbocycles. The third-order valence-corrected chi connectivity index (χ3v) is 5.60. The number of benzene rings is 2. The molecule has 0 saturated carbocycles. The molecule has 0 aliphatic rings. The van der Waals surface area contributed by atoms with Crippen LogP contribution in [0.4, 0.5) is 0 Å². The first-order valence-electron chi connectivity index (χ1n) is 12.0. The molecule has 2 nitrogen and oxygen atoms in total. The van der Waals surface area contributed by atoms with Crippen molar-refractivity contribution in [3.63, 3.8) is 0 Å². The molecule has 0 aliphatic heterocycles. The lowest BCUT2D eigenvalue weighted by Crippen LogP contribution is -3.00. The van der Waals surface area contributed by atoms with Gasteiger partial charge in [-0.1, -0.05) is 106 Å². The van der Waals surface area contributed by atoms with Crippen molar-refractivity contribution >= 4 is 0 Å². The summed E-state index contributed by atoms with van der Waals surface area (Å²) < 4.78 is 1.11. The van der Waals surface area contributed by atoms with Crippen molar-refractivity contribution in [2.24, 2.45) is 0 Å². The molecule has 31 heavy (non-hydrogen) atoms. The summed E-state index contributed by atoms with van der Waals surface area (Å²) in [4.78, 5) is 0. The fourth-order valence-electron chi connectivity index (χ4n) is 3.73. The van der Waals surface area contributed by atoms with Gasteiger partial charge in [0.05, 0.1) is 20.6 Å². The van der Waals surface area contributed by atoms with Gasteiger partial charge in [-0.05, 0) is 31.9 Å². The number of phenolic OH excluding ortho intramolecular Hbond substituents is 1. The normalized spacial score (nSPS) is 10.7. The zero-order chi connectivity index (χ0) is 22.1. The topological polar surface area (TPSA) is 20.2 Å². The second-order valence-electron chi connectivity index (χ2n) is 9.32. The average molecular weight is 448 g/mol. The molecule has 0 amide bonds. The number of rotatable bonds is 13. The Balaban J connectivity index is 0.000000838. The van der Waals surface area contributed by atoms with Crippen molar-refractivity contribution in [3.05, 3.63) is 65.7 Å². The summed E-state index contributed by atoms with van der Waals surface area (Å²) in [5.74, 6) is 0.329. The van der Waals surface area contributed by atoms with Crippen LogP contribution in [0.3, 0.4) is 0 Å². The van der Waals surface area contributed by atoms with E-state index in [2.05, 4.69) is 51.4 Å². The Morgan fingerprint density at radius 3 is 1.65 bits per heavy atom. The monoisotopic (exact) mass is 447 g/mol. The first-order chi connectivity index (χ1) is 14.4. The Morgan fingerprint density at radius 2 is 1.16 bits per heavy atom. The number of phenols is 1. The summed E-state index contributed by atoms with van der Waals surface area (Å²) in [6, 6.07) is 18.0. The van der Waals surface area contributed by atoms with Gasteiger partial charge in [0.25, 0.3) is 0 Å². The van der Waals surface area contributed by atoms with E-state index in [9.17, 15) is 0 Å². The molecule has 1 N–H and O–H groups in total. The number of nitrogens with zero attached hydrogens (tertiary/aromatic N) is 1. The van der Waals surface area contributed by atoms with Crippen LogP contribution in [0.25, 0.3) is 0 Å². The summed E-state index contributed by atoms with van der Waals surface area (Å²) in [5.41, 5.74) is 2.63. The van der Waals surface area contributed by atoms with Gasteiger partial charge >= 0.3 is 0 Å². The van der Waals surface area contributed by atoms with Crippen LogP contribution in [0.2, 0.25) is 0 Å². The van der Waals surface area contributed by atoms with E-state index in [4.69, 9.17) is 5.11 Å². The number of halogens is 1. The van der Waals surface area contributed by atoms with Gasteiger partial charge in [-0.15, -0.1) is 0 Å². The Bertz CT molecular complexity index is 619. The van der Waals surface area contributed by atoms with Crippen molar-refractivity contribution in [2.45, 2.75) is 84.6 Å². The predicted octanol–water partition coefficient (Wildman–Crippen LogP) is 4.89. The van der Waals surface area contributed by atoms with Crippen molar-refractivity contribution in [1.82, 2.24) is 0 Å². The van der Waals surface area contributed by atoms with Gasteiger partial charge in [-0.3, -0.25) is 0 Å². The van der Waals surface area contributed by atoms with Crippen LogP contribution in [-0.4, -0.2) is 30.2 Å². The highest BCUT2D eigenvalue weighted by Gasteiger charge is 2.14. The van der Waals surface area contributed by atoms with E-state index in [0.717, 1.165) is 11.0 Å².